The molecule has 20 heavy (non-hydrogen) atoms. The number of amides is 1. The number of halogens is 1. The molecule has 0 radical (unpaired) electrons. The van der Waals surface area contributed by atoms with Crippen LogP contribution in [0, 0.1) is 0 Å². The van der Waals surface area contributed by atoms with E-state index in [1.165, 1.54) is 12.8 Å². The molecule has 1 fully saturated rings. The topological polar surface area (TPSA) is 47.6 Å². The lowest BCUT2D eigenvalue weighted by Crippen LogP contribution is -2.25. The lowest BCUT2D eigenvalue weighted by molar-refractivity contribution is -0.118. The molecular weight excluding hydrogens is 322 g/mol. The summed E-state index contributed by atoms with van der Waals surface area (Å²) in [4.78, 5) is 11.6. The largest absolute Gasteiger partial charge is 0.482 e. The van der Waals surface area contributed by atoms with Crippen molar-refractivity contribution in [1.29, 1.82) is 0 Å². The minimum Gasteiger partial charge on any atom is -0.482 e. The Morgan fingerprint density at radius 2 is 2.35 bits per heavy atom. The van der Waals surface area contributed by atoms with Gasteiger partial charge in [0.05, 0.1) is 11.8 Å². The number of benzene rings is 1. The highest BCUT2D eigenvalue weighted by Gasteiger charge is 2.20. The van der Waals surface area contributed by atoms with Crippen LogP contribution in [0.2, 0.25) is 0 Å². The van der Waals surface area contributed by atoms with Gasteiger partial charge in [0.15, 0.2) is 6.61 Å². The van der Waals surface area contributed by atoms with Crippen LogP contribution in [0.1, 0.15) is 36.1 Å². The van der Waals surface area contributed by atoms with Crippen molar-refractivity contribution in [3.8, 4) is 5.75 Å². The van der Waals surface area contributed by atoms with Gasteiger partial charge in [0, 0.05) is 11.4 Å². The maximum Gasteiger partial charge on any atom is 0.262 e. The SMILES string of the molecule is O=C1COc2ccc(C(Br)CCC3CCCO3)cc2N1. The second-order valence-corrected chi connectivity index (χ2v) is 6.38. The quantitative estimate of drug-likeness (QED) is 0.855. The Kier molecular flexibility index (Phi) is 4.27. The van der Waals surface area contributed by atoms with E-state index in [-0.39, 0.29) is 17.3 Å². The number of carbonyl (C=O) groups excluding carboxylic acids is 1. The molecule has 1 aromatic rings. The first kappa shape index (κ1) is 13.9. The van der Waals surface area contributed by atoms with Crippen molar-refractivity contribution < 1.29 is 14.3 Å². The molecule has 2 aliphatic heterocycles. The maximum atomic E-state index is 11.3. The molecule has 0 spiro atoms. The predicted octanol–water partition coefficient (Wildman–Crippen LogP) is 3.41. The summed E-state index contributed by atoms with van der Waals surface area (Å²) in [7, 11) is 0. The smallest absolute Gasteiger partial charge is 0.262 e. The van der Waals surface area contributed by atoms with Crippen molar-refractivity contribution in [1.82, 2.24) is 0 Å². The Labute approximate surface area is 127 Å². The molecule has 0 aliphatic carbocycles. The summed E-state index contributed by atoms with van der Waals surface area (Å²) in [6.07, 6.45) is 4.86. The van der Waals surface area contributed by atoms with Crippen LogP contribution < -0.4 is 10.1 Å². The molecule has 1 saturated heterocycles. The minimum absolute atomic E-state index is 0.0971. The number of alkyl halides is 1. The zero-order valence-corrected chi connectivity index (χ0v) is 12.8. The lowest BCUT2D eigenvalue weighted by Gasteiger charge is -2.20. The number of anilines is 1. The third-order valence-electron chi connectivity index (χ3n) is 3.76. The normalized spacial score (nSPS) is 22.9. The maximum absolute atomic E-state index is 11.3. The van der Waals surface area contributed by atoms with Crippen LogP contribution in [0.4, 0.5) is 5.69 Å². The van der Waals surface area contributed by atoms with Crippen molar-refractivity contribution in [2.75, 3.05) is 18.5 Å². The monoisotopic (exact) mass is 339 g/mol. The average molecular weight is 340 g/mol. The van der Waals surface area contributed by atoms with E-state index in [9.17, 15) is 4.79 Å². The van der Waals surface area contributed by atoms with Gasteiger partial charge in [0.25, 0.3) is 5.91 Å². The van der Waals surface area contributed by atoms with Gasteiger partial charge in [0.1, 0.15) is 5.75 Å². The molecule has 0 saturated carbocycles. The lowest BCUT2D eigenvalue weighted by atomic mass is 10.0. The Morgan fingerprint density at radius 3 is 3.15 bits per heavy atom. The molecule has 0 bridgehead atoms. The predicted molar refractivity (Wildman–Crippen MR) is 80.4 cm³/mol. The van der Waals surface area contributed by atoms with Crippen molar-refractivity contribution in [3.05, 3.63) is 23.8 Å². The fourth-order valence-electron chi connectivity index (χ4n) is 2.67. The summed E-state index contributed by atoms with van der Waals surface area (Å²) in [5.74, 6) is 0.646. The summed E-state index contributed by atoms with van der Waals surface area (Å²) in [6, 6.07) is 5.96. The third-order valence-corrected chi connectivity index (χ3v) is 4.75. The number of rotatable bonds is 4. The first-order chi connectivity index (χ1) is 9.72. The summed E-state index contributed by atoms with van der Waals surface area (Å²) in [5.41, 5.74) is 1.92. The van der Waals surface area contributed by atoms with E-state index in [1.54, 1.807) is 0 Å². The molecule has 0 aromatic heterocycles. The van der Waals surface area contributed by atoms with Crippen molar-refractivity contribution in [3.63, 3.8) is 0 Å². The summed E-state index contributed by atoms with van der Waals surface area (Å²) < 4.78 is 11.0. The number of hydrogen-bond acceptors (Lipinski definition) is 3. The molecule has 108 valence electrons. The van der Waals surface area contributed by atoms with Gasteiger partial charge >= 0.3 is 0 Å². The van der Waals surface area contributed by atoms with E-state index < -0.39 is 0 Å². The zero-order valence-electron chi connectivity index (χ0n) is 11.2. The minimum atomic E-state index is -0.0971. The number of hydrogen-bond donors (Lipinski definition) is 1. The van der Waals surface area contributed by atoms with Crippen LogP contribution in [-0.4, -0.2) is 25.2 Å². The van der Waals surface area contributed by atoms with E-state index in [2.05, 4.69) is 21.2 Å². The van der Waals surface area contributed by atoms with Crippen LogP contribution in [0.5, 0.6) is 5.75 Å². The fourth-order valence-corrected chi connectivity index (χ4v) is 3.22. The molecule has 2 unspecified atom stereocenters. The first-order valence-corrected chi connectivity index (χ1v) is 7.96. The highest BCUT2D eigenvalue weighted by Crippen LogP contribution is 2.36. The van der Waals surface area contributed by atoms with Crippen molar-refractivity contribution in [2.24, 2.45) is 0 Å². The highest BCUT2D eigenvalue weighted by atomic mass is 79.9. The van der Waals surface area contributed by atoms with Gasteiger partial charge in [0.2, 0.25) is 0 Å². The van der Waals surface area contributed by atoms with Crippen molar-refractivity contribution >= 4 is 27.5 Å². The van der Waals surface area contributed by atoms with E-state index in [1.807, 2.05) is 18.2 Å². The van der Waals surface area contributed by atoms with E-state index in [0.717, 1.165) is 36.4 Å². The molecule has 2 heterocycles. The molecule has 5 heteroatoms. The van der Waals surface area contributed by atoms with Gasteiger partial charge in [-0.05, 0) is 43.4 Å². The van der Waals surface area contributed by atoms with Gasteiger partial charge in [-0.2, -0.15) is 0 Å². The Bertz CT molecular complexity index is 500. The second-order valence-electron chi connectivity index (χ2n) is 5.27. The van der Waals surface area contributed by atoms with Gasteiger partial charge in [-0.25, -0.2) is 0 Å². The van der Waals surface area contributed by atoms with E-state index >= 15 is 0 Å². The standard InChI is InChI=1S/C15H18BrNO3/c16-12(5-4-11-2-1-7-19-11)10-3-6-14-13(8-10)17-15(18)9-20-14/h3,6,8,11-12H,1-2,4-5,7,9H2,(H,17,18). The molecule has 4 nitrogen and oxygen atoms in total. The zero-order chi connectivity index (χ0) is 13.9. The summed E-state index contributed by atoms with van der Waals surface area (Å²) >= 11 is 3.73. The number of carbonyl (C=O) groups is 1. The number of fused-ring (bicyclic) bond motifs is 1. The summed E-state index contributed by atoms with van der Waals surface area (Å²) in [6.45, 7) is 1.00. The van der Waals surface area contributed by atoms with Gasteiger partial charge in [-0.15, -0.1) is 0 Å². The molecule has 1 N–H and O–H groups in total. The Hall–Kier alpha value is -1.07. The molecule has 1 amide bonds. The molecule has 2 aliphatic rings. The molecule has 2 atom stereocenters. The van der Waals surface area contributed by atoms with Gasteiger partial charge < -0.3 is 14.8 Å². The molecular formula is C15H18BrNO3. The van der Waals surface area contributed by atoms with E-state index in [0.29, 0.717) is 6.10 Å². The highest BCUT2D eigenvalue weighted by molar-refractivity contribution is 9.09. The van der Waals surface area contributed by atoms with Crippen LogP contribution >= 0.6 is 15.9 Å². The van der Waals surface area contributed by atoms with Crippen LogP contribution in [0.15, 0.2) is 18.2 Å². The third kappa shape index (κ3) is 3.15. The second kappa shape index (κ2) is 6.14. The van der Waals surface area contributed by atoms with Crippen LogP contribution in [-0.2, 0) is 9.53 Å². The Morgan fingerprint density at radius 1 is 1.45 bits per heavy atom. The van der Waals surface area contributed by atoms with Crippen LogP contribution in [0.3, 0.4) is 0 Å². The fraction of sp³-hybridized carbons (Fsp3) is 0.533. The first-order valence-electron chi connectivity index (χ1n) is 7.04. The van der Waals surface area contributed by atoms with Crippen molar-refractivity contribution in [2.45, 2.75) is 36.6 Å². The van der Waals surface area contributed by atoms with Gasteiger partial charge in [-0.1, -0.05) is 22.0 Å². The number of ether oxygens (including phenoxy) is 2. The van der Waals surface area contributed by atoms with Gasteiger partial charge in [-0.3, -0.25) is 4.79 Å². The molecule has 3 rings (SSSR count). The van der Waals surface area contributed by atoms with E-state index in [4.69, 9.17) is 9.47 Å². The Balaban J connectivity index is 1.63. The summed E-state index contributed by atoms with van der Waals surface area (Å²) in [5, 5.41) is 2.84. The van der Waals surface area contributed by atoms with Crippen LogP contribution in [0.25, 0.3) is 0 Å². The molecule has 1 aromatic carbocycles. The average Bonchev–Trinajstić information content (AvgIpc) is 2.97. The number of nitrogens with one attached hydrogen (secondary N) is 1.